The van der Waals surface area contributed by atoms with Gasteiger partial charge in [0.2, 0.25) is 11.8 Å². The number of fused-ring (bicyclic) bond motifs is 1. The number of benzene rings is 1. The third-order valence-corrected chi connectivity index (χ3v) is 2.66. The minimum absolute atomic E-state index is 0.186. The number of carbonyl (C=O) groups is 2. The van der Waals surface area contributed by atoms with Gasteiger partial charge in [-0.3, -0.25) is 14.6 Å². The van der Waals surface area contributed by atoms with Crippen molar-refractivity contribution < 1.29 is 9.59 Å². The average Bonchev–Trinajstić information content (AvgIpc) is 2.38. The number of rotatable bonds is 4. The van der Waals surface area contributed by atoms with Crippen LogP contribution in [0.4, 0.5) is 5.69 Å². The third kappa shape index (κ3) is 3.05. The van der Waals surface area contributed by atoms with Crippen molar-refractivity contribution in [2.45, 2.75) is 12.5 Å². The minimum Gasteiger partial charge on any atom is -0.370 e. The van der Waals surface area contributed by atoms with Gasteiger partial charge in [0, 0.05) is 11.6 Å². The highest BCUT2D eigenvalue weighted by Gasteiger charge is 2.16. The third-order valence-electron chi connectivity index (χ3n) is 2.66. The largest absolute Gasteiger partial charge is 0.370 e. The van der Waals surface area contributed by atoms with E-state index < -0.39 is 17.9 Å². The zero-order valence-electron chi connectivity index (χ0n) is 10.2. The van der Waals surface area contributed by atoms with E-state index in [0.717, 1.165) is 10.9 Å². The van der Waals surface area contributed by atoms with Gasteiger partial charge in [0.15, 0.2) is 0 Å². The molecular formula is C13H14N4O2. The summed E-state index contributed by atoms with van der Waals surface area (Å²) >= 11 is 0. The molecule has 6 nitrogen and oxygen atoms in total. The summed E-state index contributed by atoms with van der Waals surface area (Å²) in [5, 5.41) is 3.49. The van der Waals surface area contributed by atoms with Crippen molar-refractivity contribution in [3.8, 4) is 0 Å². The van der Waals surface area contributed by atoms with E-state index in [4.69, 9.17) is 11.5 Å². The highest BCUT2D eigenvalue weighted by Crippen LogP contribution is 2.21. The number of amides is 2. The van der Waals surface area contributed by atoms with Crippen LogP contribution in [0.2, 0.25) is 0 Å². The Labute approximate surface area is 109 Å². The van der Waals surface area contributed by atoms with E-state index in [1.807, 2.05) is 12.1 Å². The van der Waals surface area contributed by atoms with Crippen molar-refractivity contribution in [2.24, 2.45) is 11.5 Å². The summed E-state index contributed by atoms with van der Waals surface area (Å²) in [6.45, 7) is 0. The Morgan fingerprint density at radius 3 is 2.79 bits per heavy atom. The summed E-state index contributed by atoms with van der Waals surface area (Å²) in [7, 11) is 0. The highest BCUT2D eigenvalue weighted by atomic mass is 16.2. The van der Waals surface area contributed by atoms with Crippen LogP contribution in [-0.2, 0) is 9.59 Å². The summed E-state index contributed by atoms with van der Waals surface area (Å²) in [5.74, 6) is -1.06. The summed E-state index contributed by atoms with van der Waals surface area (Å²) in [6.07, 6.45) is 1.49. The highest BCUT2D eigenvalue weighted by molar-refractivity contribution is 6.03. The van der Waals surface area contributed by atoms with Gasteiger partial charge in [-0.05, 0) is 24.3 Å². The Bertz CT molecular complexity index is 622. The van der Waals surface area contributed by atoms with E-state index >= 15 is 0 Å². The summed E-state index contributed by atoms with van der Waals surface area (Å²) in [6, 6.07) is 8.04. The Hall–Kier alpha value is -2.47. The van der Waals surface area contributed by atoms with E-state index in [0.29, 0.717) is 5.69 Å². The molecule has 98 valence electrons. The maximum absolute atomic E-state index is 11.8. The van der Waals surface area contributed by atoms with Gasteiger partial charge in [0.25, 0.3) is 0 Å². The number of hydrogen-bond acceptors (Lipinski definition) is 4. The Morgan fingerprint density at radius 2 is 2.05 bits per heavy atom. The normalized spacial score (nSPS) is 12.1. The van der Waals surface area contributed by atoms with Crippen molar-refractivity contribution in [3.63, 3.8) is 0 Å². The SMILES string of the molecule is NC(=O)CC(N)C(=O)Nc1cccc2ncccc12. The van der Waals surface area contributed by atoms with Gasteiger partial charge in [0.1, 0.15) is 0 Å². The topological polar surface area (TPSA) is 111 Å². The molecule has 5 N–H and O–H groups in total. The van der Waals surface area contributed by atoms with Crippen LogP contribution in [0, 0.1) is 0 Å². The number of nitrogens with one attached hydrogen (secondary N) is 1. The van der Waals surface area contributed by atoms with Crippen LogP contribution in [0.5, 0.6) is 0 Å². The number of primary amides is 1. The van der Waals surface area contributed by atoms with Crippen LogP contribution in [0.1, 0.15) is 6.42 Å². The van der Waals surface area contributed by atoms with Gasteiger partial charge in [-0.25, -0.2) is 0 Å². The number of nitrogens with two attached hydrogens (primary N) is 2. The molecule has 1 atom stereocenters. The first-order chi connectivity index (χ1) is 9.08. The fraction of sp³-hybridized carbons (Fsp3) is 0.154. The fourth-order valence-electron chi connectivity index (χ4n) is 1.75. The standard InChI is InChI=1S/C13H14N4O2/c14-9(7-12(15)18)13(19)17-11-5-1-4-10-8(11)3-2-6-16-10/h1-6,9H,7,14H2,(H2,15,18)(H,17,19). The number of anilines is 1. The van der Waals surface area contributed by atoms with Gasteiger partial charge in [-0.2, -0.15) is 0 Å². The molecule has 0 bridgehead atoms. The summed E-state index contributed by atoms with van der Waals surface area (Å²) in [5.41, 5.74) is 12.0. The number of aromatic nitrogens is 1. The van der Waals surface area contributed by atoms with Crippen molar-refractivity contribution >= 4 is 28.4 Å². The Balaban J connectivity index is 2.22. The molecule has 0 spiro atoms. The summed E-state index contributed by atoms with van der Waals surface area (Å²) in [4.78, 5) is 26.7. The molecule has 6 heteroatoms. The second kappa shape index (κ2) is 5.45. The van der Waals surface area contributed by atoms with Gasteiger partial charge in [0.05, 0.1) is 23.7 Å². The molecule has 0 radical (unpaired) electrons. The molecule has 1 aromatic carbocycles. The predicted octanol–water partition coefficient (Wildman–Crippen LogP) is 0.376. The first kappa shape index (κ1) is 13.0. The van der Waals surface area contributed by atoms with Crippen LogP contribution < -0.4 is 16.8 Å². The maximum Gasteiger partial charge on any atom is 0.241 e. The van der Waals surface area contributed by atoms with E-state index in [2.05, 4.69) is 10.3 Å². The van der Waals surface area contributed by atoms with Crippen molar-refractivity contribution in [2.75, 3.05) is 5.32 Å². The van der Waals surface area contributed by atoms with Crippen molar-refractivity contribution in [3.05, 3.63) is 36.5 Å². The molecule has 19 heavy (non-hydrogen) atoms. The molecule has 2 rings (SSSR count). The molecule has 2 aromatic rings. The smallest absolute Gasteiger partial charge is 0.241 e. The van der Waals surface area contributed by atoms with E-state index in [-0.39, 0.29) is 6.42 Å². The van der Waals surface area contributed by atoms with Gasteiger partial charge in [-0.1, -0.05) is 6.07 Å². The van der Waals surface area contributed by atoms with Crippen molar-refractivity contribution in [1.82, 2.24) is 4.98 Å². The molecule has 1 aromatic heterocycles. The Morgan fingerprint density at radius 1 is 1.26 bits per heavy atom. The average molecular weight is 258 g/mol. The van der Waals surface area contributed by atoms with Gasteiger partial charge >= 0.3 is 0 Å². The van der Waals surface area contributed by atoms with Crippen LogP contribution in [0.3, 0.4) is 0 Å². The Kier molecular flexibility index (Phi) is 3.72. The van der Waals surface area contributed by atoms with Gasteiger partial charge in [-0.15, -0.1) is 0 Å². The predicted molar refractivity (Wildman–Crippen MR) is 72.2 cm³/mol. The second-order valence-electron chi connectivity index (χ2n) is 4.14. The van der Waals surface area contributed by atoms with Crippen LogP contribution in [0.15, 0.2) is 36.5 Å². The molecule has 1 unspecified atom stereocenters. The summed E-state index contributed by atoms with van der Waals surface area (Å²) < 4.78 is 0. The fourth-order valence-corrected chi connectivity index (χ4v) is 1.75. The molecule has 1 heterocycles. The van der Waals surface area contributed by atoms with Crippen LogP contribution >= 0.6 is 0 Å². The molecule has 0 aliphatic heterocycles. The van der Waals surface area contributed by atoms with E-state index in [9.17, 15) is 9.59 Å². The van der Waals surface area contributed by atoms with Gasteiger partial charge < -0.3 is 16.8 Å². The lowest BCUT2D eigenvalue weighted by Crippen LogP contribution is -2.39. The van der Waals surface area contributed by atoms with E-state index in [1.165, 1.54) is 0 Å². The van der Waals surface area contributed by atoms with Crippen LogP contribution in [-0.4, -0.2) is 22.8 Å². The molecule has 2 amide bonds. The quantitative estimate of drug-likeness (QED) is 0.735. The monoisotopic (exact) mass is 258 g/mol. The molecule has 0 aliphatic rings. The first-order valence-electron chi connectivity index (χ1n) is 5.76. The second-order valence-corrected chi connectivity index (χ2v) is 4.14. The lowest BCUT2D eigenvalue weighted by atomic mass is 10.1. The minimum atomic E-state index is -0.954. The lowest BCUT2D eigenvalue weighted by Gasteiger charge is -2.12. The number of hydrogen-bond donors (Lipinski definition) is 3. The molecule has 0 saturated carbocycles. The van der Waals surface area contributed by atoms with Crippen molar-refractivity contribution in [1.29, 1.82) is 0 Å². The number of pyridine rings is 1. The van der Waals surface area contributed by atoms with Crippen LogP contribution in [0.25, 0.3) is 10.9 Å². The zero-order valence-corrected chi connectivity index (χ0v) is 10.2. The molecule has 0 aliphatic carbocycles. The van der Waals surface area contributed by atoms with E-state index in [1.54, 1.807) is 24.4 Å². The maximum atomic E-state index is 11.8. The number of carbonyl (C=O) groups excluding carboxylic acids is 2. The first-order valence-corrected chi connectivity index (χ1v) is 5.76. The lowest BCUT2D eigenvalue weighted by molar-refractivity contribution is -0.123. The molecule has 0 fully saturated rings. The number of nitrogens with zero attached hydrogens (tertiary/aromatic N) is 1. The molecule has 0 saturated heterocycles. The zero-order chi connectivity index (χ0) is 13.8. The molecular weight excluding hydrogens is 244 g/mol.